The molecular weight excluding hydrogens is 264 g/mol. The molecule has 0 aromatic carbocycles. The smallest absolute Gasteiger partial charge is 0.323 e. The van der Waals surface area contributed by atoms with Crippen LogP contribution < -0.4 is 5.73 Å². The van der Waals surface area contributed by atoms with Crippen LogP contribution in [0.4, 0.5) is 5.69 Å². The SMILES string of the molecule is CCc1c([N+](=O)[O-])c(C(N)=O)nn1Cc1cccnn1. The summed E-state index contributed by atoms with van der Waals surface area (Å²) in [4.78, 5) is 21.7. The zero-order chi connectivity index (χ0) is 14.7. The molecule has 1 amide bonds. The molecule has 0 saturated heterocycles. The molecule has 2 aromatic rings. The maximum Gasteiger partial charge on any atom is 0.323 e. The van der Waals surface area contributed by atoms with E-state index in [-0.39, 0.29) is 17.9 Å². The highest BCUT2D eigenvalue weighted by Gasteiger charge is 2.29. The number of carbonyl (C=O) groups excluding carboxylic acids is 1. The zero-order valence-corrected chi connectivity index (χ0v) is 10.7. The Bertz CT molecular complexity index is 652. The van der Waals surface area contributed by atoms with Crippen LogP contribution in [-0.4, -0.2) is 30.8 Å². The summed E-state index contributed by atoms with van der Waals surface area (Å²) in [6, 6.07) is 3.41. The lowest BCUT2D eigenvalue weighted by Crippen LogP contribution is -2.14. The first-order chi connectivity index (χ1) is 9.54. The molecule has 20 heavy (non-hydrogen) atoms. The van der Waals surface area contributed by atoms with Crippen LogP contribution in [0, 0.1) is 10.1 Å². The average Bonchev–Trinajstić information content (AvgIpc) is 2.78. The monoisotopic (exact) mass is 276 g/mol. The first-order valence-corrected chi connectivity index (χ1v) is 5.85. The molecule has 2 aromatic heterocycles. The highest BCUT2D eigenvalue weighted by atomic mass is 16.6. The number of hydrogen-bond acceptors (Lipinski definition) is 6. The lowest BCUT2D eigenvalue weighted by atomic mass is 10.2. The van der Waals surface area contributed by atoms with Crippen LogP contribution in [0.1, 0.15) is 28.8 Å². The number of nitro groups is 1. The summed E-state index contributed by atoms with van der Waals surface area (Å²) >= 11 is 0. The van der Waals surface area contributed by atoms with Crippen LogP contribution >= 0.6 is 0 Å². The molecule has 0 bridgehead atoms. The van der Waals surface area contributed by atoms with Crippen molar-refractivity contribution in [2.75, 3.05) is 0 Å². The highest BCUT2D eigenvalue weighted by Crippen LogP contribution is 2.24. The number of amides is 1. The fraction of sp³-hybridized carbons (Fsp3) is 0.273. The Morgan fingerprint density at radius 3 is 2.80 bits per heavy atom. The topological polar surface area (TPSA) is 130 Å². The minimum Gasteiger partial charge on any atom is -0.364 e. The van der Waals surface area contributed by atoms with Crippen LogP contribution in [0.5, 0.6) is 0 Å². The Morgan fingerprint density at radius 2 is 2.30 bits per heavy atom. The van der Waals surface area contributed by atoms with Gasteiger partial charge in [-0.2, -0.15) is 15.3 Å². The number of rotatable bonds is 5. The van der Waals surface area contributed by atoms with Crippen LogP contribution in [0.3, 0.4) is 0 Å². The number of hydrogen-bond donors (Lipinski definition) is 1. The van der Waals surface area contributed by atoms with E-state index in [1.807, 2.05) is 0 Å². The van der Waals surface area contributed by atoms with E-state index in [0.29, 0.717) is 17.8 Å². The van der Waals surface area contributed by atoms with E-state index in [0.717, 1.165) is 0 Å². The largest absolute Gasteiger partial charge is 0.364 e. The van der Waals surface area contributed by atoms with E-state index in [4.69, 9.17) is 5.73 Å². The fourth-order valence-electron chi connectivity index (χ4n) is 1.90. The molecule has 0 aliphatic rings. The van der Waals surface area contributed by atoms with Crippen LogP contribution in [0.25, 0.3) is 0 Å². The molecule has 2 N–H and O–H groups in total. The van der Waals surface area contributed by atoms with Gasteiger partial charge in [-0.1, -0.05) is 6.92 Å². The van der Waals surface area contributed by atoms with E-state index < -0.39 is 10.8 Å². The summed E-state index contributed by atoms with van der Waals surface area (Å²) in [5.41, 5.74) is 5.36. The van der Waals surface area contributed by atoms with E-state index in [1.165, 1.54) is 10.9 Å². The first-order valence-electron chi connectivity index (χ1n) is 5.85. The molecule has 9 heteroatoms. The van der Waals surface area contributed by atoms with Crippen molar-refractivity contribution in [3.8, 4) is 0 Å². The highest BCUT2D eigenvalue weighted by molar-refractivity contribution is 5.95. The second-order valence-electron chi connectivity index (χ2n) is 3.99. The molecule has 9 nitrogen and oxygen atoms in total. The summed E-state index contributed by atoms with van der Waals surface area (Å²) in [7, 11) is 0. The van der Waals surface area contributed by atoms with E-state index >= 15 is 0 Å². The van der Waals surface area contributed by atoms with E-state index in [1.54, 1.807) is 19.1 Å². The molecule has 0 spiro atoms. The van der Waals surface area contributed by atoms with E-state index in [2.05, 4.69) is 15.3 Å². The summed E-state index contributed by atoms with van der Waals surface area (Å²) < 4.78 is 1.36. The Hall–Kier alpha value is -2.84. The molecule has 0 aliphatic heterocycles. The molecule has 0 unspecified atom stereocenters. The second-order valence-corrected chi connectivity index (χ2v) is 3.99. The number of nitrogens with zero attached hydrogens (tertiary/aromatic N) is 5. The van der Waals surface area contributed by atoms with Gasteiger partial charge in [-0.15, -0.1) is 0 Å². The van der Waals surface area contributed by atoms with Gasteiger partial charge in [0.05, 0.1) is 17.2 Å². The fourth-order valence-corrected chi connectivity index (χ4v) is 1.90. The van der Waals surface area contributed by atoms with Gasteiger partial charge < -0.3 is 5.73 Å². The standard InChI is InChI=1S/C11H12N6O3/c1-2-8-10(17(19)20)9(11(12)18)15-16(8)6-7-4-3-5-13-14-7/h3-5H,2,6H2,1H3,(H2,12,18). The van der Waals surface area contributed by atoms with Crippen molar-refractivity contribution >= 4 is 11.6 Å². The Morgan fingerprint density at radius 1 is 1.55 bits per heavy atom. The van der Waals surface area contributed by atoms with Crippen LogP contribution in [0.2, 0.25) is 0 Å². The van der Waals surface area contributed by atoms with Gasteiger partial charge in [-0.05, 0) is 18.6 Å². The summed E-state index contributed by atoms with van der Waals surface area (Å²) in [6.45, 7) is 1.92. The molecule has 2 rings (SSSR count). The summed E-state index contributed by atoms with van der Waals surface area (Å²) in [6.07, 6.45) is 1.86. The molecule has 0 saturated carbocycles. The van der Waals surface area contributed by atoms with Crippen molar-refractivity contribution in [2.45, 2.75) is 19.9 Å². The van der Waals surface area contributed by atoms with Gasteiger partial charge in [0.15, 0.2) is 0 Å². The van der Waals surface area contributed by atoms with Crippen molar-refractivity contribution in [1.82, 2.24) is 20.0 Å². The number of nitrogens with two attached hydrogens (primary N) is 1. The van der Waals surface area contributed by atoms with Gasteiger partial charge in [-0.3, -0.25) is 19.6 Å². The number of primary amides is 1. The predicted octanol–water partition coefficient (Wildman–Crippen LogP) is 0.291. The lowest BCUT2D eigenvalue weighted by molar-refractivity contribution is -0.385. The normalized spacial score (nSPS) is 10.4. The molecule has 104 valence electrons. The van der Waals surface area contributed by atoms with Crippen LogP contribution in [-0.2, 0) is 13.0 Å². The first kappa shape index (κ1) is 13.6. The predicted molar refractivity (Wildman–Crippen MR) is 67.9 cm³/mol. The molecule has 2 heterocycles. The van der Waals surface area contributed by atoms with Crippen molar-refractivity contribution in [3.63, 3.8) is 0 Å². The van der Waals surface area contributed by atoms with E-state index in [9.17, 15) is 14.9 Å². The third kappa shape index (κ3) is 2.46. The quantitative estimate of drug-likeness (QED) is 0.617. The van der Waals surface area contributed by atoms with Gasteiger partial charge in [0.2, 0.25) is 5.69 Å². The molecule has 0 aliphatic carbocycles. The third-order valence-corrected chi connectivity index (χ3v) is 2.72. The minimum absolute atomic E-state index is 0.186. The average molecular weight is 276 g/mol. The maximum absolute atomic E-state index is 11.3. The lowest BCUT2D eigenvalue weighted by Gasteiger charge is -2.03. The molecule has 0 radical (unpaired) electrons. The van der Waals surface area contributed by atoms with Gasteiger partial charge >= 0.3 is 5.69 Å². The number of carbonyl (C=O) groups is 1. The number of aromatic nitrogens is 4. The maximum atomic E-state index is 11.3. The van der Waals surface area contributed by atoms with Crippen molar-refractivity contribution in [3.05, 3.63) is 45.5 Å². The minimum atomic E-state index is -0.927. The molecule has 0 atom stereocenters. The zero-order valence-electron chi connectivity index (χ0n) is 10.7. The van der Waals surface area contributed by atoms with Gasteiger partial charge in [-0.25, -0.2) is 0 Å². The van der Waals surface area contributed by atoms with Gasteiger partial charge in [0.1, 0.15) is 5.69 Å². The van der Waals surface area contributed by atoms with Gasteiger partial charge in [0.25, 0.3) is 5.91 Å². The summed E-state index contributed by atoms with van der Waals surface area (Å²) in [5, 5.41) is 22.6. The molecule has 0 fully saturated rings. The van der Waals surface area contributed by atoms with Crippen molar-refractivity contribution in [1.29, 1.82) is 0 Å². The van der Waals surface area contributed by atoms with Gasteiger partial charge in [0, 0.05) is 6.20 Å². The Kier molecular flexibility index (Phi) is 3.69. The van der Waals surface area contributed by atoms with Crippen molar-refractivity contribution < 1.29 is 9.72 Å². The van der Waals surface area contributed by atoms with Crippen LogP contribution in [0.15, 0.2) is 18.3 Å². The van der Waals surface area contributed by atoms with Crippen molar-refractivity contribution in [2.24, 2.45) is 5.73 Å². The Labute approximate surface area is 113 Å². The molecular formula is C11H12N6O3. The third-order valence-electron chi connectivity index (χ3n) is 2.72. The Balaban J connectivity index is 2.51. The second kappa shape index (κ2) is 5.43. The summed E-state index contributed by atoms with van der Waals surface area (Å²) in [5.74, 6) is -0.927.